The van der Waals surface area contributed by atoms with Crippen LogP contribution in [-0.4, -0.2) is 25.6 Å². The number of rotatable bonds is 5. The molecule has 0 radical (unpaired) electrons. The van der Waals surface area contributed by atoms with Crippen LogP contribution in [0.3, 0.4) is 0 Å². The van der Waals surface area contributed by atoms with Gasteiger partial charge in [-0.25, -0.2) is 0 Å². The maximum atomic E-state index is 11.2. The fraction of sp³-hybridized carbons (Fsp3) is 0.300. The van der Waals surface area contributed by atoms with E-state index in [1.165, 1.54) is 0 Å². The van der Waals surface area contributed by atoms with Crippen LogP contribution < -0.4 is 15.8 Å². The Morgan fingerprint density at radius 1 is 1.41 bits per heavy atom. The lowest BCUT2D eigenvalue weighted by atomic mass is 10.3. The van der Waals surface area contributed by atoms with E-state index in [9.17, 15) is 4.79 Å². The van der Waals surface area contributed by atoms with Crippen molar-refractivity contribution in [3.05, 3.63) is 28.2 Å². The molecule has 0 aliphatic carbocycles. The van der Waals surface area contributed by atoms with Crippen molar-refractivity contribution >= 4 is 41.5 Å². The first-order valence-corrected chi connectivity index (χ1v) is 5.43. The summed E-state index contributed by atoms with van der Waals surface area (Å²) in [7, 11) is 0. The number of halogens is 3. The topological polar surface area (TPSA) is 64.3 Å². The molecule has 0 aromatic heterocycles. The second-order valence-electron chi connectivity index (χ2n) is 3.00. The molecule has 0 saturated carbocycles. The van der Waals surface area contributed by atoms with E-state index in [4.69, 9.17) is 33.7 Å². The lowest BCUT2D eigenvalue weighted by Crippen LogP contribution is -2.32. The highest BCUT2D eigenvalue weighted by atomic mass is 35.5. The predicted molar refractivity (Wildman–Crippen MR) is 71.3 cm³/mol. The molecule has 1 aromatic carbocycles. The van der Waals surface area contributed by atoms with Crippen LogP contribution in [0.4, 0.5) is 0 Å². The van der Waals surface area contributed by atoms with Gasteiger partial charge in [0.25, 0.3) is 5.91 Å². The summed E-state index contributed by atoms with van der Waals surface area (Å²) in [6.07, 6.45) is 0. The lowest BCUT2D eigenvalue weighted by Gasteiger charge is -2.08. The van der Waals surface area contributed by atoms with Crippen molar-refractivity contribution in [1.82, 2.24) is 5.32 Å². The van der Waals surface area contributed by atoms with Gasteiger partial charge in [0.15, 0.2) is 6.61 Å². The molecule has 4 nitrogen and oxygen atoms in total. The van der Waals surface area contributed by atoms with E-state index in [0.717, 1.165) is 0 Å². The van der Waals surface area contributed by atoms with Crippen molar-refractivity contribution in [2.45, 2.75) is 0 Å². The summed E-state index contributed by atoms with van der Waals surface area (Å²) in [5.41, 5.74) is 5.23. The summed E-state index contributed by atoms with van der Waals surface area (Å²) in [6.45, 7) is 0.704. The summed E-state index contributed by atoms with van der Waals surface area (Å²) in [5.74, 6) is 0.138. The fourth-order valence-electron chi connectivity index (χ4n) is 0.994. The Balaban J connectivity index is 0.00000256. The van der Waals surface area contributed by atoms with E-state index < -0.39 is 0 Å². The average Bonchev–Trinajstić information content (AvgIpc) is 2.27. The molecule has 7 heteroatoms. The molecule has 1 amide bonds. The summed E-state index contributed by atoms with van der Waals surface area (Å²) in [6, 6.07) is 4.81. The van der Waals surface area contributed by atoms with Crippen LogP contribution in [0.25, 0.3) is 0 Å². The molecule has 0 aliphatic heterocycles. The molecule has 0 unspecified atom stereocenters. The Hall–Kier alpha value is -0.680. The molecule has 0 heterocycles. The van der Waals surface area contributed by atoms with Gasteiger partial charge in [-0.3, -0.25) is 4.79 Å². The van der Waals surface area contributed by atoms with E-state index >= 15 is 0 Å². The molecule has 0 spiro atoms. The van der Waals surface area contributed by atoms with Crippen molar-refractivity contribution in [1.29, 1.82) is 0 Å². The Bertz CT molecular complexity index is 375. The zero-order chi connectivity index (χ0) is 12.0. The first-order valence-electron chi connectivity index (χ1n) is 4.68. The number of benzene rings is 1. The van der Waals surface area contributed by atoms with E-state index in [1.807, 2.05) is 0 Å². The predicted octanol–water partition coefficient (Wildman–Crippen LogP) is 1.87. The van der Waals surface area contributed by atoms with Crippen LogP contribution in [0.15, 0.2) is 18.2 Å². The minimum atomic E-state index is -0.249. The van der Waals surface area contributed by atoms with E-state index in [1.54, 1.807) is 18.2 Å². The van der Waals surface area contributed by atoms with Gasteiger partial charge in [-0.15, -0.1) is 12.4 Å². The molecular weight excluding hydrogens is 286 g/mol. The average molecular weight is 300 g/mol. The molecule has 0 saturated heterocycles. The van der Waals surface area contributed by atoms with Crippen molar-refractivity contribution in [3.63, 3.8) is 0 Å². The third kappa shape index (κ3) is 5.98. The maximum Gasteiger partial charge on any atom is 0.257 e. The highest BCUT2D eigenvalue weighted by Crippen LogP contribution is 2.27. The number of hydrogen-bond donors (Lipinski definition) is 2. The number of carbonyl (C=O) groups excluding carboxylic acids is 1. The minimum absolute atomic E-state index is 0. The zero-order valence-electron chi connectivity index (χ0n) is 8.91. The third-order valence-corrected chi connectivity index (χ3v) is 2.27. The quantitative estimate of drug-likeness (QED) is 0.872. The lowest BCUT2D eigenvalue weighted by molar-refractivity contribution is -0.123. The van der Waals surface area contributed by atoms with Crippen LogP contribution >= 0.6 is 35.6 Å². The Morgan fingerprint density at radius 3 is 2.76 bits per heavy atom. The monoisotopic (exact) mass is 298 g/mol. The molecule has 1 aromatic rings. The molecule has 96 valence electrons. The van der Waals surface area contributed by atoms with Gasteiger partial charge in [0, 0.05) is 24.2 Å². The molecule has 3 N–H and O–H groups in total. The van der Waals surface area contributed by atoms with Crippen molar-refractivity contribution < 1.29 is 9.53 Å². The second kappa shape index (κ2) is 8.42. The Morgan fingerprint density at radius 2 is 2.12 bits per heavy atom. The normalized spacial score (nSPS) is 9.35. The number of nitrogens with two attached hydrogens (primary N) is 1. The fourth-order valence-corrected chi connectivity index (χ4v) is 1.33. The molecular formula is C10H13Cl3N2O2. The third-order valence-electron chi connectivity index (χ3n) is 1.72. The van der Waals surface area contributed by atoms with Gasteiger partial charge in [-0.1, -0.05) is 23.2 Å². The number of hydrogen-bond acceptors (Lipinski definition) is 3. The molecule has 0 fully saturated rings. The minimum Gasteiger partial charge on any atom is -0.482 e. The number of amides is 1. The van der Waals surface area contributed by atoms with Crippen LogP contribution in [0.1, 0.15) is 0 Å². The second-order valence-corrected chi connectivity index (χ2v) is 3.85. The Kier molecular flexibility index (Phi) is 8.08. The highest BCUT2D eigenvalue weighted by Gasteiger charge is 2.05. The number of ether oxygens (including phenoxy) is 1. The van der Waals surface area contributed by atoms with Crippen molar-refractivity contribution in [3.8, 4) is 5.75 Å². The standard InChI is InChI=1S/C10H12Cl2N2O2.ClH/c11-7-1-2-8(12)9(5-7)16-6-10(15)14-4-3-13;/h1-2,5H,3-4,6,13H2,(H,14,15);1H. The van der Waals surface area contributed by atoms with Gasteiger partial charge in [0.1, 0.15) is 5.75 Å². The summed E-state index contributed by atoms with van der Waals surface area (Å²) < 4.78 is 5.21. The van der Waals surface area contributed by atoms with Crippen LogP contribution in [0.2, 0.25) is 10.0 Å². The van der Waals surface area contributed by atoms with Crippen LogP contribution in [0, 0.1) is 0 Å². The summed E-state index contributed by atoms with van der Waals surface area (Å²) in [4.78, 5) is 11.2. The van der Waals surface area contributed by atoms with E-state index in [0.29, 0.717) is 28.9 Å². The van der Waals surface area contributed by atoms with Crippen molar-refractivity contribution in [2.24, 2.45) is 5.73 Å². The first kappa shape index (κ1) is 16.3. The molecule has 0 bridgehead atoms. The molecule has 0 aliphatic rings. The van der Waals surface area contributed by atoms with E-state index in [2.05, 4.69) is 5.32 Å². The first-order chi connectivity index (χ1) is 7.63. The van der Waals surface area contributed by atoms with E-state index in [-0.39, 0.29) is 24.9 Å². The summed E-state index contributed by atoms with van der Waals surface area (Å²) in [5, 5.41) is 3.49. The summed E-state index contributed by atoms with van der Waals surface area (Å²) >= 11 is 11.6. The van der Waals surface area contributed by atoms with Crippen molar-refractivity contribution in [2.75, 3.05) is 19.7 Å². The highest BCUT2D eigenvalue weighted by molar-refractivity contribution is 6.34. The molecule has 1 rings (SSSR count). The van der Waals surface area contributed by atoms with Crippen LogP contribution in [0.5, 0.6) is 5.75 Å². The zero-order valence-corrected chi connectivity index (χ0v) is 11.2. The van der Waals surface area contributed by atoms with Crippen LogP contribution in [-0.2, 0) is 4.79 Å². The van der Waals surface area contributed by atoms with Gasteiger partial charge < -0.3 is 15.8 Å². The largest absolute Gasteiger partial charge is 0.482 e. The Labute approximate surface area is 116 Å². The number of carbonyl (C=O) groups is 1. The van der Waals surface area contributed by atoms with Gasteiger partial charge in [-0.2, -0.15) is 0 Å². The molecule has 17 heavy (non-hydrogen) atoms. The van der Waals surface area contributed by atoms with Gasteiger partial charge >= 0.3 is 0 Å². The smallest absolute Gasteiger partial charge is 0.257 e. The SMILES string of the molecule is Cl.NCCNC(=O)COc1cc(Cl)ccc1Cl. The van der Waals surface area contributed by atoms with Gasteiger partial charge in [-0.05, 0) is 12.1 Å². The maximum absolute atomic E-state index is 11.2. The number of nitrogens with one attached hydrogen (secondary N) is 1. The van der Waals surface area contributed by atoms with Gasteiger partial charge in [0.2, 0.25) is 0 Å². The molecule has 0 atom stereocenters. The van der Waals surface area contributed by atoms with Gasteiger partial charge in [0.05, 0.1) is 5.02 Å².